The Kier molecular flexibility index (Phi) is 7.56. The van der Waals surface area contributed by atoms with Crippen LogP contribution in [0.5, 0.6) is 0 Å². The summed E-state index contributed by atoms with van der Waals surface area (Å²) in [7, 11) is 0. The van der Waals surface area contributed by atoms with Gasteiger partial charge in [0.05, 0.1) is 5.92 Å². The molecule has 0 aromatic rings. The Morgan fingerprint density at radius 1 is 1.10 bits per heavy atom. The van der Waals surface area contributed by atoms with Gasteiger partial charge in [0.25, 0.3) is 0 Å². The lowest BCUT2D eigenvalue weighted by Crippen LogP contribution is -2.38. The zero-order chi connectivity index (χ0) is 14.6. The molecule has 0 aromatic heterocycles. The number of nitrogens with one attached hydrogen (secondary N) is 1. The second-order valence-corrected chi connectivity index (χ2v) is 6.17. The van der Waals surface area contributed by atoms with E-state index in [1.165, 1.54) is 19.3 Å². The summed E-state index contributed by atoms with van der Waals surface area (Å²) in [6.07, 6.45) is 1.61. The first-order valence-electron chi connectivity index (χ1n) is 7.55. The maximum atomic E-state index is 12.7. The molecule has 0 saturated heterocycles. The Balaban J connectivity index is 0.00000220. The van der Waals surface area contributed by atoms with Crippen molar-refractivity contribution in [3.63, 3.8) is 0 Å². The summed E-state index contributed by atoms with van der Waals surface area (Å²) in [5, 5.41) is 3.07. The largest absolute Gasteiger partial charge is 0.391 e. The van der Waals surface area contributed by atoms with Gasteiger partial charge in [0.15, 0.2) is 5.96 Å². The Hall–Kier alpha value is -0.210. The number of rotatable bonds is 4. The van der Waals surface area contributed by atoms with E-state index in [0.29, 0.717) is 24.8 Å². The molecule has 21 heavy (non-hydrogen) atoms. The van der Waals surface area contributed by atoms with Crippen LogP contribution in [0.1, 0.15) is 44.9 Å². The van der Waals surface area contributed by atoms with E-state index in [-0.39, 0.29) is 42.7 Å². The number of hydrogen-bond acceptors (Lipinski definition) is 1. The van der Waals surface area contributed by atoms with Crippen LogP contribution in [-0.2, 0) is 0 Å². The molecule has 2 aliphatic carbocycles. The lowest BCUT2D eigenvalue weighted by atomic mass is 9.81. The molecule has 0 aromatic carbocycles. The smallest absolute Gasteiger partial charge is 0.370 e. The minimum Gasteiger partial charge on any atom is -0.370 e. The van der Waals surface area contributed by atoms with Crippen LogP contribution in [0.25, 0.3) is 0 Å². The zero-order valence-corrected chi connectivity index (χ0v) is 14.5. The van der Waals surface area contributed by atoms with Crippen LogP contribution in [0.2, 0.25) is 0 Å². The fourth-order valence-corrected chi connectivity index (χ4v) is 2.98. The summed E-state index contributed by atoms with van der Waals surface area (Å²) >= 11 is 0. The number of hydrogen-bond donors (Lipinski definition) is 2. The van der Waals surface area contributed by atoms with Gasteiger partial charge >= 0.3 is 6.18 Å². The average Bonchev–Trinajstić information content (AvgIpc) is 2.34. The molecule has 2 saturated carbocycles. The predicted molar refractivity (Wildman–Crippen MR) is 88.8 cm³/mol. The van der Waals surface area contributed by atoms with Gasteiger partial charge in [-0.2, -0.15) is 13.2 Å². The van der Waals surface area contributed by atoms with Crippen molar-refractivity contribution in [1.29, 1.82) is 0 Å². The summed E-state index contributed by atoms with van der Waals surface area (Å²) in [5.74, 6) is -0.0703. The van der Waals surface area contributed by atoms with E-state index < -0.39 is 12.1 Å². The molecule has 2 atom stereocenters. The molecule has 2 fully saturated rings. The molecule has 2 rings (SSSR count). The van der Waals surface area contributed by atoms with E-state index in [0.717, 1.165) is 13.0 Å². The molecular weight excluding hydrogens is 394 g/mol. The van der Waals surface area contributed by atoms with Gasteiger partial charge in [-0.05, 0) is 43.9 Å². The predicted octanol–water partition coefficient (Wildman–Crippen LogP) is 3.68. The molecule has 0 heterocycles. The zero-order valence-electron chi connectivity index (χ0n) is 12.2. The lowest BCUT2D eigenvalue weighted by molar-refractivity contribution is -0.185. The average molecular weight is 419 g/mol. The summed E-state index contributed by atoms with van der Waals surface area (Å²) in [5.41, 5.74) is 5.76. The van der Waals surface area contributed by atoms with Gasteiger partial charge in [-0.15, -0.1) is 24.0 Å². The first kappa shape index (κ1) is 18.8. The molecule has 7 heteroatoms. The Labute approximate surface area is 141 Å². The second-order valence-electron chi connectivity index (χ2n) is 6.17. The van der Waals surface area contributed by atoms with Gasteiger partial charge < -0.3 is 11.1 Å². The molecule has 0 spiro atoms. The third-order valence-corrected chi connectivity index (χ3v) is 4.56. The number of nitrogens with two attached hydrogens (primary N) is 1. The van der Waals surface area contributed by atoms with Crippen LogP contribution in [0.4, 0.5) is 13.2 Å². The minimum absolute atomic E-state index is 0. The van der Waals surface area contributed by atoms with Crippen molar-refractivity contribution in [3.05, 3.63) is 0 Å². The fraction of sp³-hybridized carbons (Fsp3) is 0.929. The van der Waals surface area contributed by atoms with Gasteiger partial charge in [0, 0.05) is 13.1 Å². The van der Waals surface area contributed by atoms with Crippen LogP contribution < -0.4 is 11.1 Å². The first-order valence-corrected chi connectivity index (χ1v) is 7.55. The van der Waals surface area contributed by atoms with Crippen molar-refractivity contribution in [2.75, 3.05) is 13.1 Å². The van der Waals surface area contributed by atoms with Gasteiger partial charge in [-0.3, -0.25) is 4.99 Å². The normalized spacial score (nSPS) is 27.7. The van der Waals surface area contributed by atoms with Crippen LogP contribution in [0.3, 0.4) is 0 Å². The van der Waals surface area contributed by atoms with Gasteiger partial charge in [0.1, 0.15) is 0 Å². The first-order chi connectivity index (χ1) is 9.45. The molecule has 3 N–H and O–H groups in total. The summed E-state index contributed by atoms with van der Waals surface area (Å²) in [6, 6.07) is 0. The molecule has 0 aliphatic heterocycles. The van der Waals surface area contributed by atoms with E-state index in [9.17, 15) is 13.2 Å². The molecule has 0 amide bonds. The molecule has 3 nitrogen and oxygen atoms in total. The topological polar surface area (TPSA) is 50.4 Å². The number of halogens is 4. The summed E-state index contributed by atoms with van der Waals surface area (Å²) < 4.78 is 38.1. The number of nitrogens with zero attached hydrogens (tertiary/aromatic N) is 1. The van der Waals surface area contributed by atoms with Crippen molar-refractivity contribution in [2.24, 2.45) is 28.5 Å². The SMILES string of the molecule is I.NC(=NCC1CCCC(C(F)(F)F)C1)NCC1CCC1. The standard InChI is InChI=1S/C14H24F3N3.HI/c15-14(16,17)12-6-2-5-11(7-12)9-20-13(18)19-8-10-3-1-4-10;/h10-12H,1-9H2,(H3,18,19,20);1H. The van der Waals surface area contributed by atoms with Crippen LogP contribution in [0, 0.1) is 17.8 Å². The fourth-order valence-electron chi connectivity index (χ4n) is 2.98. The number of alkyl halides is 3. The number of guanidine groups is 1. The second kappa shape index (κ2) is 8.43. The number of aliphatic imine (C=N–C) groups is 1. The molecule has 2 unspecified atom stereocenters. The third-order valence-electron chi connectivity index (χ3n) is 4.56. The van der Waals surface area contributed by atoms with Crippen molar-refractivity contribution in [2.45, 2.75) is 51.1 Å². The molecular formula is C14H25F3IN3. The Morgan fingerprint density at radius 2 is 1.71 bits per heavy atom. The Bertz CT molecular complexity index is 343. The maximum Gasteiger partial charge on any atom is 0.391 e. The van der Waals surface area contributed by atoms with E-state index in [4.69, 9.17) is 5.73 Å². The lowest BCUT2D eigenvalue weighted by Gasteiger charge is -2.29. The molecule has 0 bridgehead atoms. The highest BCUT2D eigenvalue weighted by molar-refractivity contribution is 14.0. The van der Waals surface area contributed by atoms with E-state index in [1.807, 2.05) is 0 Å². The van der Waals surface area contributed by atoms with Crippen molar-refractivity contribution >= 4 is 29.9 Å². The third kappa shape index (κ3) is 6.20. The van der Waals surface area contributed by atoms with E-state index in [1.54, 1.807) is 0 Å². The monoisotopic (exact) mass is 419 g/mol. The molecule has 0 radical (unpaired) electrons. The quantitative estimate of drug-likeness (QED) is 0.415. The van der Waals surface area contributed by atoms with Gasteiger partial charge in [-0.1, -0.05) is 12.8 Å². The van der Waals surface area contributed by atoms with Crippen molar-refractivity contribution < 1.29 is 13.2 Å². The molecule has 124 valence electrons. The van der Waals surface area contributed by atoms with E-state index in [2.05, 4.69) is 10.3 Å². The minimum atomic E-state index is -4.06. The highest BCUT2D eigenvalue weighted by atomic mass is 127. The van der Waals surface area contributed by atoms with Crippen LogP contribution in [0.15, 0.2) is 4.99 Å². The highest BCUT2D eigenvalue weighted by Crippen LogP contribution is 2.39. The van der Waals surface area contributed by atoms with Crippen molar-refractivity contribution in [1.82, 2.24) is 5.32 Å². The van der Waals surface area contributed by atoms with Crippen LogP contribution >= 0.6 is 24.0 Å². The van der Waals surface area contributed by atoms with Gasteiger partial charge in [-0.25, -0.2) is 0 Å². The highest BCUT2D eigenvalue weighted by Gasteiger charge is 2.41. The molecule has 2 aliphatic rings. The van der Waals surface area contributed by atoms with Gasteiger partial charge in [0.2, 0.25) is 0 Å². The van der Waals surface area contributed by atoms with Crippen LogP contribution in [-0.4, -0.2) is 25.2 Å². The van der Waals surface area contributed by atoms with Crippen molar-refractivity contribution in [3.8, 4) is 0 Å². The summed E-state index contributed by atoms with van der Waals surface area (Å²) in [4.78, 5) is 4.21. The van der Waals surface area contributed by atoms with E-state index >= 15 is 0 Å². The summed E-state index contributed by atoms with van der Waals surface area (Å²) in [6.45, 7) is 1.25. The Morgan fingerprint density at radius 3 is 2.29 bits per heavy atom. The maximum absolute atomic E-state index is 12.7.